The molecule has 0 atom stereocenters. The molecule has 0 N–H and O–H groups in total. The zero-order valence-corrected chi connectivity index (χ0v) is 21.7. The van der Waals surface area contributed by atoms with Crippen molar-refractivity contribution in [2.75, 3.05) is 13.2 Å². The minimum atomic E-state index is -0.648. The number of rotatable bonds is 8. The summed E-state index contributed by atoms with van der Waals surface area (Å²) in [6, 6.07) is 36.9. The lowest BCUT2D eigenvalue weighted by Crippen LogP contribution is -2.31. The zero-order valence-electron chi connectivity index (χ0n) is 21.7. The number of carbonyl (C=O) groups is 1. The van der Waals surface area contributed by atoms with Crippen molar-refractivity contribution in [1.82, 2.24) is 0 Å². The number of carbonyl (C=O) groups excluding carboxylic acids is 1. The van der Waals surface area contributed by atoms with E-state index in [1.807, 2.05) is 72.8 Å². The van der Waals surface area contributed by atoms with Crippen molar-refractivity contribution in [2.45, 2.75) is 13.0 Å². The van der Waals surface area contributed by atoms with Gasteiger partial charge in [-0.3, -0.25) is 0 Å². The number of esters is 1. The van der Waals surface area contributed by atoms with Crippen LogP contribution in [0, 0.1) is 0 Å². The maximum absolute atomic E-state index is 12.5. The summed E-state index contributed by atoms with van der Waals surface area (Å²) in [4.78, 5) is 12.5. The van der Waals surface area contributed by atoms with Crippen molar-refractivity contribution < 1.29 is 19.0 Å². The predicted octanol–water partition coefficient (Wildman–Crippen LogP) is 8.25. The summed E-state index contributed by atoms with van der Waals surface area (Å²) in [5.74, 6) is 0.993. The summed E-state index contributed by atoms with van der Waals surface area (Å²) < 4.78 is 18.4. The largest absolute Gasteiger partial charge is 0.489 e. The molecular weight excluding hydrogens is 484 g/mol. The van der Waals surface area contributed by atoms with Gasteiger partial charge in [-0.1, -0.05) is 104 Å². The molecule has 0 aliphatic heterocycles. The topological polar surface area (TPSA) is 44.8 Å². The summed E-state index contributed by atoms with van der Waals surface area (Å²) in [5.41, 5.74) is 0.326. The molecule has 6 aromatic carbocycles. The molecule has 0 saturated carbocycles. The highest BCUT2D eigenvalue weighted by Crippen LogP contribution is 2.35. The van der Waals surface area contributed by atoms with Crippen LogP contribution >= 0.6 is 0 Å². The molecule has 6 rings (SSSR count). The van der Waals surface area contributed by atoms with Crippen LogP contribution in [0.1, 0.15) is 6.92 Å². The molecule has 4 heteroatoms. The molecule has 0 heterocycles. The minimum Gasteiger partial charge on any atom is -0.489 e. The SMILES string of the molecule is C=C(C)C(=O)OC(COc1cc2ccccc2c2ccccc12)COc1cc2ccccc2c2ccccc12. The van der Waals surface area contributed by atoms with Crippen molar-refractivity contribution in [3.8, 4) is 11.5 Å². The third kappa shape index (κ3) is 4.89. The molecule has 0 aromatic heterocycles. The number of hydrogen-bond donors (Lipinski definition) is 0. The van der Waals surface area contributed by atoms with Crippen LogP contribution in [0.2, 0.25) is 0 Å². The van der Waals surface area contributed by atoms with Gasteiger partial charge in [0.05, 0.1) is 0 Å². The lowest BCUT2D eigenvalue weighted by atomic mass is 10.0. The molecule has 0 aliphatic rings. The highest BCUT2D eigenvalue weighted by atomic mass is 16.6. The van der Waals surface area contributed by atoms with Gasteiger partial charge >= 0.3 is 5.97 Å². The standard InChI is InChI=1S/C35H28O4/c1-23(2)35(36)39-26(21-37-33-19-24-11-3-5-13-27(24)29-15-7-9-17-31(29)33)22-38-34-20-25-12-4-6-14-28(25)30-16-8-10-18-32(30)34/h3-20,26H,1,21-22H2,2H3. The Morgan fingerprint density at radius 3 is 1.44 bits per heavy atom. The van der Waals surface area contributed by atoms with Crippen LogP contribution in [0.15, 0.2) is 121 Å². The van der Waals surface area contributed by atoms with E-state index in [-0.39, 0.29) is 13.2 Å². The molecule has 0 spiro atoms. The highest BCUT2D eigenvalue weighted by Gasteiger charge is 2.19. The summed E-state index contributed by atoms with van der Waals surface area (Å²) in [6.07, 6.45) is -0.648. The quantitative estimate of drug-likeness (QED) is 0.117. The van der Waals surface area contributed by atoms with Crippen molar-refractivity contribution >= 4 is 49.1 Å². The fourth-order valence-corrected chi connectivity index (χ4v) is 5.01. The van der Waals surface area contributed by atoms with Crippen LogP contribution in [0.5, 0.6) is 11.5 Å². The van der Waals surface area contributed by atoms with E-state index in [4.69, 9.17) is 14.2 Å². The normalized spacial score (nSPS) is 11.3. The first kappa shape index (κ1) is 24.5. The van der Waals surface area contributed by atoms with Crippen LogP contribution in [0.3, 0.4) is 0 Å². The van der Waals surface area contributed by atoms with Gasteiger partial charge in [0.1, 0.15) is 24.7 Å². The first-order valence-corrected chi connectivity index (χ1v) is 13.0. The van der Waals surface area contributed by atoms with E-state index in [1.54, 1.807) is 6.92 Å². The van der Waals surface area contributed by atoms with Gasteiger partial charge in [0, 0.05) is 16.3 Å². The number of benzene rings is 6. The fourth-order valence-electron chi connectivity index (χ4n) is 5.01. The Labute approximate surface area is 227 Å². The number of hydrogen-bond acceptors (Lipinski definition) is 4. The van der Waals surface area contributed by atoms with Crippen molar-refractivity contribution in [2.24, 2.45) is 0 Å². The Morgan fingerprint density at radius 1 is 0.615 bits per heavy atom. The van der Waals surface area contributed by atoms with Crippen molar-refractivity contribution in [3.63, 3.8) is 0 Å². The fraction of sp³-hybridized carbons (Fsp3) is 0.114. The van der Waals surface area contributed by atoms with E-state index in [1.165, 1.54) is 0 Å². The third-order valence-corrected chi connectivity index (χ3v) is 6.93. The van der Waals surface area contributed by atoms with E-state index < -0.39 is 12.1 Å². The van der Waals surface area contributed by atoms with Crippen molar-refractivity contribution in [3.05, 3.63) is 121 Å². The minimum absolute atomic E-state index is 0.132. The van der Waals surface area contributed by atoms with E-state index in [0.29, 0.717) is 5.57 Å². The monoisotopic (exact) mass is 512 g/mol. The Kier molecular flexibility index (Phi) is 6.60. The Morgan fingerprint density at radius 2 is 1.00 bits per heavy atom. The molecule has 39 heavy (non-hydrogen) atoms. The van der Waals surface area contributed by atoms with Crippen LogP contribution in [-0.2, 0) is 9.53 Å². The van der Waals surface area contributed by atoms with Gasteiger partial charge in [-0.2, -0.15) is 0 Å². The molecule has 0 unspecified atom stereocenters. The van der Waals surface area contributed by atoms with E-state index in [9.17, 15) is 4.79 Å². The molecule has 0 aliphatic carbocycles. The molecule has 0 saturated heterocycles. The van der Waals surface area contributed by atoms with E-state index in [2.05, 4.69) is 43.0 Å². The van der Waals surface area contributed by atoms with Gasteiger partial charge in [-0.05, 0) is 51.4 Å². The Balaban J connectivity index is 1.30. The van der Waals surface area contributed by atoms with Crippen LogP contribution in [0.25, 0.3) is 43.1 Å². The summed E-state index contributed by atoms with van der Waals surface area (Å²) in [6.45, 7) is 5.64. The number of fused-ring (bicyclic) bond motifs is 6. The van der Waals surface area contributed by atoms with Gasteiger partial charge in [-0.25, -0.2) is 4.79 Å². The van der Waals surface area contributed by atoms with Crippen LogP contribution in [0.4, 0.5) is 0 Å². The molecule has 0 bridgehead atoms. The van der Waals surface area contributed by atoms with Gasteiger partial charge < -0.3 is 14.2 Å². The average molecular weight is 513 g/mol. The predicted molar refractivity (Wildman–Crippen MR) is 159 cm³/mol. The second-order valence-electron chi connectivity index (χ2n) is 9.71. The maximum atomic E-state index is 12.5. The highest BCUT2D eigenvalue weighted by molar-refractivity contribution is 6.11. The Hall–Kier alpha value is -4.83. The van der Waals surface area contributed by atoms with Crippen LogP contribution in [-0.4, -0.2) is 25.3 Å². The van der Waals surface area contributed by atoms with Crippen LogP contribution < -0.4 is 9.47 Å². The van der Waals surface area contributed by atoms with Gasteiger partial charge in [0.2, 0.25) is 0 Å². The molecule has 0 radical (unpaired) electrons. The first-order valence-electron chi connectivity index (χ1n) is 13.0. The van der Waals surface area contributed by atoms with Gasteiger partial charge in [0.25, 0.3) is 0 Å². The lowest BCUT2D eigenvalue weighted by Gasteiger charge is -2.21. The molecular formula is C35H28O4. The smallest absolute Gasteiger partial charge is 0.333 e. The third-order valence-electron chi connectivity index (χ3n) is 6.93. The first-order chi connectivity index (χ1) is 19.1. The van der Waals surface area contributed by atoms with Gasteiger partial charge in [0.15, 0.2) is 6.10 Å². The maximum Gasteiger partial charge on any atom is 0.333 e. The average Bonchev–Trinajstić information content (AvgIpc) is 2.98. The van der Waals surface area contributed by atoms with E-state index >= 15 is 0 Å². The molecule has 6 aromatic rings. The van der Waals surface area contributed by atoms with Gasteiger partial charge in [-0.15, -0.1) is 0 Å². The summed E-state index contributed by atoms with van der Waals surface area (Å²) in [7, 11) is 0. The summed E-state index contributed by atoms with van der Waals surface area (Å²) >= 11 is 0. The lowest BCUT2D eigenvalue weighted by molar-refractivity contribution is -0.147. The molecule has 192 valence electrons. The second-order valence-corrected chi connectivity index (χ2v) is 9.71. The number of ether oxygens (including phenoxy) is 3. The molecule has 4 nitrogen and oxygen atoms in total. The zero-order chi connectivity index (χ0) is 26.8. The van der Waals surface area contributed by atoms with Crippen molar-refractivity contribution in [1.29, 1.82) is 0 Å². The second kappa shape index (κ2) is 10.5. The summed E-state index contributed by atoms with van der Waals surface area (Å²) in [5, 5.41) is 8.72. The molecule has 0 amide bonds. The van der Waals surface area contributed by atoms with E-state index in [0.717, 1.165) is 54.6 Å². The molecule has 0 fully saturated rings. The Bertz CT molecular complexity index is 1730.